The average Bonchev–Trinajstić information content (AvgIpc) is 3.01. The molecule has 0 amide bonds. The Morgan fingerprint density at radius 2 is 1.76 bits per heavy atom. The summed E-state index contributed by atoms with van der Waals surface area (Å²) in [4.78, 5) is 17.2. The molecule has 0 bridgehead atoms. The number of nitrogens with two attached hydrogens (primary N) is 1. The van der Waals surface area contributed by atoms with Crippen LogP contribution in [-0.4, -0.2) is 19.2 Å². The number of anilines is 1. The molecule has 0 unspecified atom stereocenters. The van der Waals surface area contributed by atoms with Crippen molar-refractivity contribution in [1.82, 2.24) is 19.2 Å². The van der Waals surface area contributed by atoms with Gasteiger partial charge in [0.2, 0.25) is 0 Å². The molecule has 0 atom stereocenters. The largest absolute Gasteiger partial charge is 0.384 e. The van der Waals surface area contributed by atoms with Gasteiger partial charge in [-0.05, 0) is 42.7 Å². The normalized spacial score (nSPS) is 15.8. The Kier molecular flexibility index (Phi) is 4.34. The minimum atomic E-state index is 0.00166. The maximum Gasteiger partial charge on any atom is 0.261 e. The summed E-state index contributed by atoms with van der Waals surface area (Å²) in [5.74, 6) is 0.970. The van der Waals surface area contributed by atoms with E-state index in [9.17, 15) is 4.79 Å². The van der Waals surface area contributed by atoms with E-state index in [1.807, 2.05) is 35.8 Å². The van der Waals surface area contributed by atoms with E-state index in [4.69, 9.17) is 10.8 Å². The van der Waals surface area contributed by atoms with Gasteiger partial charge in [0.15, 0.2) is 0 Å². The van der Waals surface area contributed by atoms with Crippen molar-refractivity contribution in [2.75, 3.05) is 5.73 Å². The predicted octanol–water partition coefficient (Wildman–Crippen LogP) is 4.27. The number of hydrogen-bond acceptors (Lipinski definition) is 4. The Hall–Kier alpha value is -3.15. The van der Waals surface area contributed by atoms with Crippen LogP contribution in [0.5, 0.6) is 0 Å². The zero-order valence-corrected chi connectivity index (χ0v) is 16.6. The van der Waals surface area contributed by atoms with E-state index < -0.39 is 0 Å². The van der Waals surface area contributed by atoms with Gasteiger partial charge >= 0.3 is 0 Å². The maximum atomic E-state index is 13.0. The lowest BCUT2D eigenvalue weighted by Crippen LogP contribution is -2.19. The SMILES string of the molecule is Cn1c(=O)c2ccc(-c3ccc(N)nc3)cc2n2nc(C3CCCCCC3)cc12. The first kappa shape index (κ1) is 17.9. The van der Waals surface area contributed by atoms with E-state index >= 15 is 0 Å². The zero-order chi connectivity index (χ0) is 20.0. The van der Waals surface area contributed by atoms with E-state index in [0.29, 0.717) is 17.1 Å². The summed E-state index contributed by atoms with van der Waals surface area (Å²) in [5.41, 5.74) is 10.5. The molecule has 3 heterocycles. The third-order valence-electron chi connectivity index (χ3n) is 6.21. The molecule has 5 rings (SSSR count). The molecule has 0 spiro atoms. The summed E-state index contributed by atoms with van der Waals surface area (Å²) in [5, 5.41) is 5.65. The van der Waals surface area contributed by atoms with Gasteiger partial charge < -0.3 is 5.73 Å². The van der Waals surface area contributed by atoms with E-state index in [0.717, 1.165) is 28.0 Å². The van der Waals surface area contributed by atoms with Gasteiger partial charge in [0, 0.05) is 30.8 Å². The van der Waals surface area contributed by atoms with Gasteiger partial charge in [0.1, 0.15) is 11.5 Å². The Morgan fingerprint density at radius 1 is 1.00 bits per heavy atom. The van der Waals surface area contributed by atoms with Crippen LogP contribution in [0, 0.1) is 0 Å². The molecule has 1 saturated carbocycles. The van der Waals surface area contributed by atoms with E-state index in [2.05, 4.69) is 11.1 Å². The molecule has 1 aromatic carbocycles. The summed E-state index contributed by atoms with van der Waals surface area (Å²) in [7, 11) is 1.83. The van der Waals surface area contributed by atoms with Crippen LogP contribution < -0.4 is 11.3 Å². The van der Waals surface area contributed by atoms with Crippen LogP contribution >= 0.6 is 0 Å². The van der Waals surface area contributed by atoms with Gasteiger partial charge in [-0.3, -0.25) is 9.36 Å². The number of benzene rings is 1. The Balaban J connectivity index is 1.71. The zero-order valence-electron chi connectivity index (χ0n) is 16.6. The fraction of sp³-hybridized carbons (Fsp3) is 0.348. The summed E-state index contributed by atoms with van der Waals surface area (Å²) in [6.45, 7) is 0. The van der Waals surface area contributed by atoms with Crippen molar-refractivity contribution in [2.24, 2.45) is 7.05 Å². The lowest BCUT2D eigenvalue weighted by atomic mass is 9.97. The first-order valence-electron chi connectivity index (χ1n) is 10.4. The fourth-order valence-corrected chi connectivity index (χ4v) is 4.51. The average molecular weight is 387 g/mol. The Bertz CT molecular complexity index is 1240. The number of hydrogen-bond donors (Lipinski definition) is 1. The van der Waals surface area contributed by atoms with Crippen LogP contribution in [0.3, 0.4) is 0 Å². The van der Waals surface area contributed by atoms with Crippen molar-refractivity contribution < 1.29 is 0 Å². The van der Waals surface area contributed by atoms with Gasteiger partial charge in [-0.25, -0.2) is 9.50 Å². The number of aryl methyl sites for hydroxylation is 1. The topological polar surface area (TPSA) is 78.2 Å². The van der Waals surface area contributed by atoms with Crippen LogP contribution in [0.25, 0.3) is 27.7 Å². The number of aromatic nitrogens is 4. The van der Waals surface area contributed by atoms with Crippen molar-refractivity contribution in [3.8, 4) is 11.1 Å². The standard InChI is InChI=1S/C23H25N5O/c1-27-22-13-19(15-6-4-2-3-5-7-15)26-28(22)20-12-16(8-10-18(20)23(27)29)17-9-11-21(24)25-14-17/h8-15H,2-7H2,1H3,(H2,24,25). The molecule has 1 fully saturated rings. The molecule has 0 radical (unpaired) electrons. The smallest absolute Gasteiger partial charge is 0.261 e. The second kappa shape index (κ2) is 7.03. The summed E-state index contributed by atoms with van der Waals surface area (Å²) >= 11 is 0. The molecule has 0 saturated heterocycles. The third kappa shape index (κ3) is 3.09. The van der Waals surface area contributed by atoms with Gasteiger partial charge in [-0.15, -0.1) is 0 Å². The minimum Gasteiger partial charge on any atom is -0.384 e. The van der Waals surface area contributed by atoms with Crippen LogP contribution in [0.2, 0.25) is 0 Å². The highest BCUT2D eigenvalue weighted by Gasteiger charge is 2.20. The van der Waals surface area contributed by atoms with Gasteiger partial charge in [-0.1, -0.05) is 31.7 Å². The molecule has 2 N–H and O–H groups in total. The highest BCUT2D eigenvalue weighted by Crippen LogP contribution is 2.32. The number of pyridine rings is 1. The predicted molar refractivity (Wildman–Crippen MR) is 116 cm³/mol. The molecular formula is C23H25N5O. The third-order valence-corrected chi connectivity index (χ3v) is 6.21. The van der Waals surface area contributed by atoms with Gasteiger partial charge in [-0.2, -0.15) is 5.10 Å². The lowest BCUT2D eigenvalue weighted by molar-refractivity contribution is 0.574. The molecular weight excluding hydrogens is 362 g/mol. The first-order chi connectivity index (χ1) is 14.1. The fourth-order valence-electron chi connectivity index (χ4n) is 4.51. The molecule has 1 aliphatic carbocycles. The van der Waals surface area contributed by atoms with Crippen LogP contribution in [0.4, 0.5) is 5.82 Å². The molecule has 4 aromatic rings. The number of nitrogen functional groups attached to an aromatic ring is 1. The summed E-state index contributed by atoms with van der Waals surface area (Å²) < 4.78 is 3.64. The summed E-state index contributed by atoms with van der Waals surface area (Å²) in [6, 6.07) is 11.7. The summed E-state index contributed by atoms with van der Waals surface area (Å²) in [6.07, 6.45) is 9.25. The number of fused-ring (bicyclic) bond motifs is 3. The quantitative estimate of drug-likeness (QED) is 0.521. The van der Waals surface area contributed by atoms with E-state index in [1.165, 1.54) is 38.5 Å². The van der Waals surface area contributed by atoms with Crippen molar-refractivity contribution >= 4 is 22.4 Å². The highest BCUT2D eigenvalue weighted by molar-refractivity contribution is 5.85. The molecule has 1 aliphatic rings. The van der Waals surface area contributed by atoms with E-state index in [1.54, 1.807) is 16.8 Å². The molecule has 3 aromatic heterocycles. The second-order valence-electron chi connectivity index (χ2n) is 8.10. The van der Waals surface area contributed by atoms with Crippen LogP contribution in [0.1, 0.15) is 50.1 Å². The monoisotopic (exact) mass is 387 g/mol. The number of rotatable bonds is 2. The molecule has 0 aliphatic heterocycles. The first-order valence-corrected chi connectivity index (χ1v) is 10.4. The van der Waals surface area contributed by atoms with Crippen molar-refractivity contribution in [2.45, 2.75) is 44.4 Å². The number of nitrogens with zero attached hydrogens (tertiary/aromatic N) is 4. The van der Waals surface area contributed by atoms with Crippen LogP contribution in [-0.2, 0) is 7.05 Å². The molecule has 148 valence electrons. The maximum absolute atomic E-state index is 13.0. The van der Waals surface area contributed by atoms with E-state index in [-0.39, 0.29) is 5.56 Å². The molecule has 6 nitrogen and oxygen atoms in total. The highest BCUT2D eigenvalue weighted by atomic mass is 16.1. The van der Waals surface area contributed by atoms with Crippen LogP contribution in [0.15, 0.2) is 47.4 Å². The van der Waals surface area contributed by atoms with Gasteiger partial charge in [0.25, 0.3) is 5.56 Å². The Labute approximate surface area is 169 Å². The lowest BCUT2D eigenvalue weighted by Gasteiger charge is -2.10. The van der Waals surface area contributed by atoms with Crippen molar-refractivity contribution in [3.63, 3.8) is 0 Å². The van der Waals surface area contributed by atoms with Crippen molar-refractivity contribution in [3.05, 3.63) is 58.6 Å². The second-order valence-corrected chi connectivity index (χ2v) is 8.10. The van der Waals surface area contributed by atoms with Crippen molar-refractivity contribution in [1.29, 1.82) is 0 Å². The minimum absolute atomic E-state index is 0.00166. The van der Waals surface area contributed by atoms with Gasteiger partial charge in [0.05, 0.1) is 16.6 Å². The Morgan fingerprint density at radius 3 is 2.48 bits per heavy atom. The molecule has 29 heavy (non-hydrogen) atoms. The molecule has 6 heteroatoms.